The largest absolute Gasteiger partial charge is 0.352 e. The van der Waals surface area contributed by atoms with Gasteiger partial charge in [-0.3, -0.25) is 9.59 Å². The number of halogens is 2. The van der Waals surface area contributed by atoms with Gasteiger partial charge in [0.15, 0.2) is 0 Å². The van der Waals surface area contributed by atoms with E-state index in [-0.39, 0.29) is 36.6 Å². The summed E-state index contributed by atoms with van der Waals surface area (Å²) < 4.78 is 13.4. The molecule has 178 valence electrons. The molecule has 0 unspecified atom stereocenters. The van der Waals surface area contributed by atoms with Gasteiger partial charge in [0.1, 0.15) is 11.9 Å². The van der Waals surface area contributed by atoms with Crippen LogP contribution in [0.4, 0.5) is 4.39 Å². The predicted molar refractivity (Wildman–Crippen MR) is 134 cm³/mol. The highest BCUT2D eigenvalue weighted by Crippen LogP contribution is 2.19. The molecule has 0 radical (unpaired) electrons. The summed E-state index contributed by atoms with van der Waals surface area (Å²) in [5.74, 6) is -0.777. The number of nitrogens with zero attached hydrogens (tertiary/aromatic N) is 1. The molecule has 0 aliphatic carbocycles. The van der Waals surface area contributed by atoms with Gasteiger partial charge < -0.3 is 10.2 Å². The molecule has 1 N–H and O–H groups in total. The molecule has 0 fully saturated rings. The van der Waals surface area contributed by atoms with Crippen LogP contribution in [0.25, 0.3) is 0 Å². The number of amides is 2. The lowest BCUT2D eigenvalue weighted by molar-refractivity contribution is -0.141. The maximum absolute atomic E-state index is 13.6. The second kappa shape index (κ2) is 12.3. The quantitative estimate of drug-likeness (QED) is 0.412. The summed E-state index contributed by atoms with van der Waals surface area (Å²) in [6, 6.07) is 22.0. The molecule has 3 aromatic carbocycles. The highest BCUT2D eigenvalue weighted by Gasteiger charge is 2.31. The Bertz CT molecular complexity index is 1090. The van der Waals surface area contributed by atoms with E-state index in [9.17, 15) is 14.0 Å². The van der Waals surface area contributed by atoms with Crippen molar-refractivity contribution < 1.29 is 14.0 Å². The third kappa shape index (κ3) is 7.42. The highest BCUT2D eigenvalue weighted by atomic mass is 35.5. The van der Waals surface area contributed by atoms with E-state index >= 15 is 0 Å². The predicted octanol–water partition coefficient (Wildman–Crippen LogP) is 5.58. The third-order valence-corrected chi connectivity index (χ3v) is 6.02. The summed E-state index contributed by atoms with van der Waals surface area (Å²) in [6.45, 7) is 4.17. The summed E-state index contributed by atoms with van der Waals surface area (Å²) in [5, 5.41) is 3.61. The van der Waals surface area contributed by atoms with Gasteiger partial charge in [0.05, 0.1) is 6.42 Å². The van der Waals surface area contributed by atoms with Crippen LogP contribution in [0.2, 0.25) is 5.02 Å². The van der Waals surface area contributed by atoms with E-state index in [1.54, 1.807) is 29.2 Å². The van der Waals surface area contributed by atoms with Crippen molar-refractivity contribution in [1.82, 2.24) is 10.2 Å². The van der Waals surface area contributed by atoms with Gasteiger partial charge in [0, 0.05) is 24.0 Å². The van der Waals surface area contributed by atoms with E-state index in [1.807, 2.05) is 56.3 Å². The zero-order chi connectivity index (χ0) is 24.5. The van der Waals surface area contributed by atoms with Crippen LogP contribution in [-0.2, 0) is 29.0 Å². The Balaban J connectivity index is 1.96. The topological polar surface area (TPSA) is 49.4 Å². The lowest BCUT2D eigenvalue weighted by atomic mass is 10.0. The first-order valence-corrected chi connectivity index (χ1v) is 11.9. The molecule has 0 spiro atoms. The van der Waals surface area contributed by atoms with Gasteiger partial charge in [-0.15, -0.1) is 0 Å². The van der Waals surface area contributed by atoms with Crippen molar-refractivity contribution in [3.05, 3.63) is 106 Å². The summed E-state index contributed by atoms with van der Waals surface area (Å²) in [4.78, 5) is 28.6. The minimum atomic E-state index is -0.719. The SMILES string of the molecule is CC[C@@H](C)NC(=O)[C@@H](Cc1ccccc1)N(Cc1cccc(Cl)c1)C(=O)Cc1ccc(F)cc1. The number of hydrogen-bond acceptors (Lipinski definition) is 2. The molecule has 3 rings (SSSR count). The second-order valence-corrected chi connectivity index (χ2v) is 8.91. The van der Waals surface area contributed by atoms with Crippen LogP contribution in [0.5, 0.6) is 0 Å². The first-order valence-electron chi connectivity index (χ1n) is 11.5. The van der Waals surface area contributed by atoms with E-state index in [4.69, 9.17) is 11.6 Å². The molecule has 4 nitrogen and oxygen atoms in total. The van der Waals surface area contributed by atoms with E-state index in [0.29, 0.717) is 17.0 Å². The molecule has 0 heterocycles. The summed E-state index contributed by atoms with van der Waals surface area (Å²) in [5.41, 5.74) is 2.47. The molecule has 0 aromatic heterocycles. The van der Waals surface area contributed by atoms with Crippen LogP contribution in [-0.4, -0.2) is 28.8 Å². The smallest absolute Gasteiger partial charge is 0.243 e. The molecule has 3 aromatic rings. The van der Waals surface area contributed by atoms with E-state index in [0.717, 1.165) is 17.5 Å². The number of carbonyl (C=O) groups excluding carboxylic acids is 2. The minimum Gasteiger partial charge on any atom is -0.352 e. The van der Waals surface area contributed by atoms with Gasteiger partial charge >= 0.3 is 0 Å². The number of rotatable bonds is 10. The standard InChI is InChI=1S/C28H30ClFN2O2/c1-3-20(2)31-28(34)26(17-21-8-5-4-6-9-21)32(19-23-10-7-11-24(29)16-23)27(33)18-22-12-14-25(30)15-13-22/h4-16,20,26H,3,17-19H2,1-2H3,(H,31,34)/t20-,26-/m1/s1. The van der Waals surface area contributed by atoms with Crippen molar-refractivity contribution in [3.63, 3.8) is 0 Å². The zero-order valence-electron chi connectivity index (χ0n) is 19.5. The van der Waals surface area contributed by atoms with Crippen LogP contribution >= 0.6 is 11.6 Å². The Kier molecular flexibility index (Phi) is 9.23. The van der Waals surface area contributed by atoms with Gasteiger partial charge in [-0.2, -0.15) is 0 Å². The monoisotopic (exact) mass is 480 g/mol. The van der Waals surface area contributed by atoms with Crippen molar-refractivity contribution in [1.29, 1.82) is 0 Å². The highest BCUT2D eigenvalue weighted by molar-refractivity contribution is 6.30. The van der Waals surface area contributed by atoms with Gasteiger partial charge in [-0.1, -0.05) is 73.1 Å². The lowest BCUT2D eigenvalue weighted by Gasteiger charge is -2.32. The molecule has 0 aliphatic rings. The maximum atomic E-state index is 13.6. The van der Waals surface area contributed by atoms with E-state index in [1.165, 1.54) is 12.1 Å². The Morgan fingerprint density at radius 2 is 1.62 bits per heavy atom. The number of benzene rings is 3. The van der Waals surface area contributed by atoms with Gasteiger partial charge in [0.25, 0.3) is 0 Å². The normalized spacial score (nSPS) is 12.6. The molecule has 0 aliphatic heterocycles. The summed E-state index contributed by atoms with van der Waals surface area (Å²) >= 11 is 6.19. The molecular weight excluding hydrogens is 451 g/mol. The Labute approximate surface area is 205 Å². The molecule has 0 bridgehead atoms. The molecule has 6 heteroatoms. The van der Waals surface area contributed by atoms with Crippen molar-refractivity contribution in [2.75, 3.05) is 0 Å². The molecule has 0 saturated heterocycles. The lowest BCUT2D eigenvalue weighted by Crippen LogP contribution is -2.52. The molecule has 0 saturated carbocycles. The number of nitrogens with one attached hydrogen (secondary N) is 1. The fourth-order valence-corrected chi connectivity index (χ4v) is 3.92. The molecule has 2 amide bonds. The van der Waals surface area contributed by atoms with Gasteiger partial charge in [-0.25, -0.2) is 4.39 Å². The second-order valence-electron chi connectivity index (χ2n) is 8.48. The number of carbonyl (C=O) groups is 2. The van der Waals surface area contributed by atoms with Crippen LogP contribution in [0.15, 0.2) is 78.9 Å². The van der Waals surface area contributed by atoms with Crippen molar-refractivity contribution in [2.24, 2.45) is 0 Å². The Morgan fingerprint density at radius 3 is 2.26 bits per heavy atom. The average molecular weight is 481 g/mol. The number of hydrogen-bond donors (Lipinski definition) is 1. The van der Waals surface area contributed by atoms with Crippen LogP contribution < -0.4 is 5.32 Å². The first-order chi connectivity index (χ1) is 16.4. The van der Waals surface area contributed by atoms with E-state index < -0.39 is 6.04 Å². The van der Waals surface area contributed by atoms with Crippen LogP contribution in [0.3, 0.4) is 0 Å². The fraction of sp³-hybridized carbons (Fsp3) is 0.286. The maximum Gasteiger partial charge on any atom is 0.243 e. The van der Waals surface area contributed by atoms with Crippen LogP contribution in [0, 0.1) is 5.82 Å². The molecule has 2 atom stereocenters. The van der Waals surface area contributed by atoms with Crippen molar-refractivity contribution in [2.45, 2.75) is 51.7 Å². The van der Waals surface area contributed by atoms with Crippen LogP contribution in [0.1, 0.15) is 37.0 Å². The van der Waals surface area contributed by atoms with Crippen molar-refractivity contribution in [3.8, 4) is 0 Å². The Hall–Kier alpha value is -3.18. The summed E-state index contributed by atoms with van der Waals surface area (Å²) in [6.07, 6.45) is 1.21. The van der Waals surface area contributed by atoms with Gasteiger partial charge in [-0.05, 0) is 54.3 Å². The van der Waals surface area contributed by atoms with Gasteiger partial charge in [0.2, 0.25) is 11.8 Å². The fourth-order valence-electron chi connectivity index (χ4n) is 3.71. The molecular formula is C28H30ClFN2O2. The first kappa shape index (κ1) is 25.4. The molecule has 34 heavy (non-hydrogen) atoms. The van der Waals surface area contributed by atoms with Crippen molar-refractivity contribution >= 4 is 23.4 Å². The Morgan fingerprint density at radius 1 is 0.941 bits per heavy atom. The third-order valence-electron chi connectivity index (χ3n) is 5.78. The minimum absolute atomic E-state index is 0.0222. The average Bonchev–Trinajstić information content (AvgIpc) is 2.83. The summed E-state index contributed by atoms with van der Waals surface area (Å²) in [7, 11) is 0. The van der Waals surface area contributed by atoms with E-state index in [2.05, 4.69) is 5.32 Å². The zero-order valence-corrected chi connectivity index (χ0v) is 20.3.